The summed E-state index contributed by atoms with van der Waals surface area (Å²) < 4.78 is 0. The van der Waals surface area contributed by atoms with Gasteiger partial charge in [0, 0.05) is 19.4 Å². The summed E-state index contributed by atoms with van der Waals surface area (Å²) in [5.41, 5.74) is 5.51. The van der Waals surface area contributed by atoms with Gasteiger partial charge in [0.25, 0.3) is 0 Å². The number of hydrogen-bond acceptors (Lipinski definition) is 5. The molecule has 0 aromatic rings. The van der Waals surface area contributed by atoms with E-state index < -0.39 is 18.1 Å². The number of nitrogens with two attached hydrogens (primary N) is 1. The predicted octanol–water partition coefficient (Wildman–Crippen LogP) is 4.63. The molecule has 0 aromatic carbocycles. The van der Waals surface area contributed by atoms with Crippen LogP contribution < -0.4 is 16.4 Å². The number of hydrogen-bond donors (Lipinski definition) is 4. The molecule has 0 aliphatic rings. The summed E-state index contributed by atoms with van der Waals surface area (Å²) in [7, 11) is 0. The second-order valence-electron chi connectivity index (χ2n) is 9.64. The van der Waals surface area contributed by atoms with Crippen LogP contribution in [0.25, 0.3) is 0 Å². The van der Waals surface area contributed by atoms with Crippen molar-refractivity contribution in [1.82, 2.24) is 10.6 Å². The van der Waals surface area contributed by atoms with Crippen molar-refractivity contribution < 1.29 is 24.3 Å². The maximum Gasteiger partial charge on any atom is 0.326 e. The third-order valence-corrected chi connectivity index (χ3v) is 6.26. The van der Waals surface area contributed by atoms with Crippen molar-refractivity contribution in [2.75, 3.05) is 6.54 Å². The van der Waals surface area contributed by atoms with Crippen LogP contribution in [0, 0.1) is 0 Å². The molecule has 8 heteroatoms. The molecule has 0 radical (unpaired) electrons. The van der Waals surface area contributed by atoms with E-state index in [1.807, 2.05) is 0 Å². The zero-order chi connectivity index (χ0) is 26.2. The highest BCUT2D eigenvalue weighted by Crippen LogP contribution is 2.13. The molecule has 35 heavy (non-hydrogen) atoms. The van der Waals surface area contributed by atoms with E-state index >= 15 is 0 Å². The first-order chi connectivity index (χ1) is 16.9. The van der Waals surface area contributed by atoms with Gasteiger partial charge in [-0.2, -0.15) is 0 Å². The molecule has 204 valence electrons. The maximum absolute atomic E-state index is 12.1. The number of aliphatic carboxylic acids is 1. The van der Waals surface area contributed by atoms with Gasteiger partial charge in [0.2, 0.25) is 11.8 Å². The summed E-state index contributed by atoms with van der Waals surface area (Å²) in [6.07, 6.45) is 19.1. The van der Waals surface area contributed by atoms with Gasteiger partial charge in [-0.05, 0) is 32.1 Å². The first-order valence-corrected chi connectivity index (χ1v) is 13.9. The molecule has 0 unspecified atom stereocenters. The number of aldehydes is 1. The van der Waals surface area contributed by atoms with E-state index in [0.29, 0.717) is 32.1 Å². The minimum atomic E-state index is -1.13. The molecule has 0 saturated heterocycles. The highest BCUT2D eigenvalue weighted by atomic mass is 16.4. The topological polar surface area (TPSA) is 139 Å². The fraction of sp³-hybridized carbons (Fsp3) is 0.852. The van der Waals surface area contributed by atoms with Gasteiger partial charge in [0.1, 0.15) is 12.3 Å². The molecule has 0 aliphatic carbocycles. The molecule has 0 fully saturated rings. The first-order valence-electron chi connectivity index (χ1n) is 13.9. The van der Waals surface area contributed by atoms with Gasteiger partial charge < -0.3 is 26.3 Å². The van der Waals surface area contributed by atoms with Crippen molar-refractivity contribution in [1.29, 1.82) is 0 Å². The van der Waals surface area contributed by atoms with E-state index in [-0.39, 0.29) is 24.7 Å². The third kappa shape index (κ3) is 22.3. The monoisotopic (exact) mass is 497 g/mol. The van der Waals surface area contributed by atoms with Crippen LogP contribution in [-0.4, -0.2) is 47.8 Å². The molecule has 0 rings (SSSR count). The van der Waals surface area contributed by atoms with Gasteiger partial charge >= 0.3 is 5.97 Å². The summed E-state index contributed by atoms with van der Waals surface area (Å²) in [5, 5.41) is 14.6. The lowest BCUT2D eigenvalue weighted by atomic mass is 10.0. The summed E-state index contributed by atoms with van der Waals surface area (Å²) in [6, 6.07) is -1.52. The smallest absolute Gasteiger partial charge is 0.326 e. The lowest BCUT2D eigenvalue weighted by Crippen LogP contribution is -2.41. The Hall–Kier alpha value is -1.96. The molecule has 2 atom stereocenters. The van der Waals surface area contributed by atoms with Crippen molar-refractivity contribution in [2.24, 2.45) is 5.73 Å². The maximum atomic E-state index is 12.1. The number of carbonyl (C=O) groups is 4. The van der Waals surface area contributed by atoms with Gasteiger partial charge in [0.15, 0.2) is 0 Å². The zero-order valence-corrected chi connectivity index (χ0v) is 22.0. The van der Waals surface area contributed by atoms with Crippen LogP contribution in [0.4, 0.5) is 0 Å². The summed E-state index contributed by atoms with van der Waals surface area (Å²) in [5.74, 6) is -1.64. The minimum absolute atomic E-state index is 0.0316. The lowest BCUT2D eigenvalue weighted by Gasteiger charge is -2.14. The average molecular weight is 498 g/mol. The molecule has 0 aromatic heterocycles. The van der Waals surface area contributed by atoms with Crippen molar-refractivity contribution in [2.45, 2.75) is 141 Å². The van der Waals surface area contributed by atoms with Crippen LogP contribution in [0.3, 0.4) is 0 Å². The van der Waals surface area contributed by atoms with Crippen LogP contribution >= 0.6 is 0 Å². The van der Waals surface area contributed by atoms with Crippen LogP contribution in [0.2, 0.25) is 0 Å². The van der Waals surface area contributed by atoms with E-state index in [4.69, 9.17) is 5.73 Å². The zero-order valence-electron chi connectivity index (χ0n) is 22.0. The molecular formula is C27H51N3O5. The van der Waals surface area contributed by atoms with Crippen LogP contribution in [0.1, 0.15) is 129 Å². The Morgan fingerprint density at radius 3 is 1.80 bits per heavy atom. The molecular weight excluding hydrogens is 446 g/mol. The lowest BCUT2D eigenvalue weighted by molar-refractivity contribution is -0.142. The molecule has 0 saturated carbocycles. The predicted molar refractivity (Wildman–Crippen MR) is 140 cm³/mol. The van der Waals surface area contributed by atoms with E-state index in [1.165, 1.54) is 64.2 Å². The molecule has 2 amide bonds. The van der Waals surface area contributed by atoms with Gasteiger partial charge in [0.05, 0.1) is 6.04 Å². The first kappa shape index (κ1) is 33.0. The van der Waals surface area contributed by atoms with Gasteiger partial charge in [-0.15, -0.1) is 0 Å². The Labute approximate surface area is 212 Å². The van der Waals surface area contributed by atoms with Crippen LogP contribution in [0.15, 0.2) is 0 Å². The largest absolute Gasteiger partial charge is 0.480 e. The Bertz CT molecular complexity index is 571. The van der Waals surface area contributed by atoms with Crippen LogP contribution in [-0.2, 0) is 19.2 Å². The Morgan fingerprint density at radius 2 is 1.29 bits per heavy atom. The fourth-order valence-electron chi connectivity index (χ4n) is 3.99. The van der Waals surface area contributed by atoms with Gasteiger partial charge in [-0.3, -0.25) is 9.59 Å². The Morgan fingerprint density at radius 1 is 0.743 bits per heavy atom. The molecule has 0 aliphatic heterocycles. The Kier molecular flexibility index (Phi) is 22.4. The molecule has 0 bridgehead atoms. The van der Waals surface area contributed by atoms with Crippen molar-refractivity contribution in [3.8, 4) is 0 Å². The van der Waals surface area contributed by atoms with Crippen molar-refractivity contribution >= 4 is 24.1 Å². The number of carboxylic acids is 1. The second-order valence-corrected chi connectivity index (χ2v) is 9.64. The van der Waals surface area contributed by atoms with Crippen LogP contribution in [0.5, 0.6) is 0 Å². The number of unbranched alkanes of at least 4 members (excludes halogenated alkanes) is 13. The molecule has 0 spiro atoms. The SMILES string of the molecule is CCCCCCCCCCCCCCCC(=O)N[C@@H](CCC(=O)NCCCC[C@H](N)C=O)C(=O)O. The number of carbonyl (C=O) groups excluding carboxylic acids is 3. The molecule has 8 nitrogen and oxygen atoms in total. The summed E-state index contributed by atoms with van der Waals surface area (Å²) in [4.78, 5) is 45.9. The normalized spacial score (nSPS) is 12.6. The highest BCUT2D eigenvalue weighted by Gasteiger charge is 2.20. The average Bonchev–Trinajstić information content (AvgIpc) is 2.83. The molecule has 5 N–H and O–H groups in total. The third-order valence-electron chi connectivity index (χ3n) is 6.26. The van der Waals surface area contributed by atoms with E-state index in [0.717, 1.165) is 25.7 Å². The number of rotatable bonds is 25. The van der Waals surface area contributed by atoms with E-state index in [2.05, 4.69) is 17.6 Å². The highest BCUT2D eigenvalue weighted by molar-refractivity contribution is 5.84. The Balaban J connectivity index is 3.75. The quantitative estimate of drug-likeness (QED) is 0.107. The minimum Gasteiger partial charge on any atom is -0.480 e. The van der Waals surface area contributed by atoms with Crippen molar-refractivity contribution in [3.05, 3.63) is 0 Å². The second kappa shape index (κ2) is 23.8. The number of nitrogens with one attached hydrogen (secondary N) is 2. The summed E-state index contributed by atoms with van der Waals surface area (Å²) >= 11 is 0. The number of amides is 2. The fourth-order valence-corrected chi connectivity index (χ4v) is 3.99. The standard InChI is InChI=1S/C27H51N3O5/c1-2-3-4-5-6-7-8-9-10-11-12-13-14-18-26(33)30-24(27(34)35)19-20-25(32)29-21-16-15-17-23(28)22-31/h22-24H,2-21,28H2,1H3,(H,29,32)(H,30,33)(H,34,35)/t23-,24-/m0/s1. The number of carboxylic acid groups (broad SMARTS) is 1. The van der Waals surface area contributed by atoms with E-state index in [9.17, 15) is 24.3 Å². The van der Waals surface area contributed by atoms with Gasteiger partial charge in [-0.25, -0.2) is 4.79 Å². The van der Waals surface area contributed by atoms with Crippen molar-refractivity contribution in [3.63, 3.8) is 0 Å². The summed E-state index contributed by atoms with van der Waals surface area (Å²) in [6.45, 7) is 2.69. The molecule has 0 heterocycles. The van der Waals surface area contributed by atoms with Gasteiger partial charge in [-0.1, -0.05) is 84.0 Å². The van der Waals surface area contributed by atoms with E-state index in [1.54, 1.807) is 0 Å².